The Morgan fingerprint density at radius 1 is 0.806 bits per heavy atom. The standard InChI is InChI=1S/C25H22N6/c1-17-11-21(7-9-26-17)20-5-3-19(4-6-20)13-29-25-23-14-28-24(12-22(23)8-10-27-25)31-15-18(2)30-16-31/h3-12,14-16H,13H2,1-2H3,(H,27,29). The zero-order valence-electron chi connectivity index (χ0n) is 17.4. The largest absolute Gasteiger partial charge is 0.365 e. The van der Waals surface area contributed by atoms with Crippen LogP contribution in [0.1, 0.15) is 17.0 Å². The highest BCUT2D eigenvalue weighted by molar-refractivity contribution is 5.91. The Morgan fingerprint density at radius 2 is 1.65 bits per heavy atom. The summed E-state index contributed by atoms with van der Waals surface area (Å²) >= 11 is 0. The highest BCUT2D eigenvalue weighted by Gasteiger charge is 2.07. The molecule has 4 aromatic heterocycles. The van der Waals surface area contributed by atoms with E-state index in [1.54, 1.807) is 6.33 Å². The Hall–Kier alpha value is -4.06. The fourth-order valence-corrected chi connectivity index (χ4v) is 3.61. The van der Waals surface area contributed by atoms with Gasteiger partial charge in [-0.15, -0.1) is 0 Å². The van der Waals surface area contributed by atoms with Crippen molar-refractivity contribution in [3.8, 4) is 16.9 Å². The molecule has 0 fully saturated rings. The molecule has 0 saturated heterocycles. The van der Waals surface area contributed by atoms with E-state index in [2.05, 4.69) is 61.7 Å². The van der Waals surface area contributed by atoms with Gasteiger partial charge >= 0.3 is 0 Å². The summed E-state index contributed by atoms with van der Waals surface area (Å²) in [7, 11) is 0. The van der Waals surface area contributed by atoms with E-state index in [4.69, 9.17) is 0 Å². The van der Waals surface area contributed by atoms with Crippen LogP contribution in [-0.4, -0.2) is 24.5 Å². The van der Waals surface area contributed by atoms with Crippen molar-refractivity contribution in [2.75, 3.05) is 5.32 Å². The van der Waals surface area contributed by atoms with Gasteiger partial charge in [-0.2, -0.15) is 0 Å². The molecule has 0 saturated carbocycles. The molecule has 6 heteroatoms. The zero-order valence-corrected chi connectivity index (χ0v) is 17.4. The number of hydrogen-bond acceptors (Lipinski definition) is 5. The lowest BCUT2D eigenvalue weighted by molar-refractivity contribution is 0.998. The van der Waals surface area contributed by atoms with Gasteiger partial charge in [0.2, 0.25) is 0 Å². The van der Waals surface area contributed by atoms with Crippen molar-refractivity contribution in [1.82, 2.24) is 24.5 Å². The number of pyridine rings is 3. The molecule has 5 rings (SSSR count). The summed E-state index contributed by atoms with van der Waals surface area (Å²) in [6.07, 6.45) is 9.28. The third-order valence-corrected chi connectivity index (χ3v) is 5.25. The Bertz CT molecular complexity index is 1350. The van der Waals surface area contributed by atoms with Crippen LogP contribution in [0.25, 0.3) is 27.7 Å². The molecule has 0 aliphatic rings. The third kappa shape index (κ3) is 4.00. The topological polar surface area (TPSA) is 68.5 Å². The van der Waals surface area contributed by atoms with Gasteiger partial charge in [0.1, 0.15) is 18.0 Å². The quantitative estimate of drug-likeness (QED) is 0.439. The Balaban J connectivity index is 1.34. The normalized spacial score (nSPS) is 11.0. The van der Waals surface area contributed by atoms with Gasteiger partial charge in [-0.1, -0.05) is 24.3 Å². The molecule has 0 spiro atoms. The van der Waals surface area contributed by atoms with Gasteiger partial charge in [-0.3, -0.25) is 9.55 Å². The van der Waals surface area contributed by atoms with Crippen LogP contribution < -0.4 is 5.32 Å². The highest BCUT2D eigenvalue weighted by Crippen LogP contribution is 2.24. The number of rotatable bonds is 5. The van der Waals surface area contributed by atoms with Gasteiger partial charge in [-0.05, 0) is 60.2 Å². The van der Waals surface area contributed by atoms with Crippen LogP contribution in [0.3, 0.4) is 0 Å². The first-order valence-corrected chi connectivity index (χ1v) is 10.2. The molecule has 0 aliphatic heterocycles. The SMILES string of the molecule is Cc1cc(-c2ccc(CNc3nccc4cc(-n5cnc(C)c5)ncc34)cc2)ccn1. The molecule has 31 heavy (non-hydrogen) atoms. The second-order valence-electron chi connectivity index (χ2n) is 7.58. The summed E-state index contributed by atoms with van der Waals surface area (Å²) in [5.74, 6) is 1.67. The zero-order chi connectivity index (χ0) is 21.2. The van der Waals surface area contributed by atoms with Crippen molar-refractivity contribution < 1.29 is 0 Å². The van der Waals surface area contributed by atoms with Crippen molar-refractivity contribution in [2.24, 2.45) is 0 Å². The van der Waals surface area contributed by atoms with E-state index in [9.17, 15) is 0 Å². The second-order valence-corrected chi connectivity index (χ2v) is 7.58. The molecule has 1 aromatic carbocycles. The lowest BCUT2D eigenvalue weighted by Gasteiger charge is -2.10. The number of aromatic nitrogens is 5. The molecule has 0 bridgehead atoms. The van der Waals surface area contributed by atoms with Gasteiger partial charge < -0.3 is 5.32 Å². The van der Waals surface area contributed by atoms with Crippen molar-refractivity contribution in [3.05, 3.63) is 96.6 Å². The third-order valence-electron chi connectivity index (χ3n) is 5.25. The van der Waals surface area contributed by atoms with Crippen LogP contribution in [0.5, 0.6) is 0 Å². The lowest BCUT2D eigenvalue weighted by atomic mass is 10.0. The van der Waals surface area contributed by atoms with E-state index in [0.29, 0.717) is 6.54 Å². The molecule has 152 valence electrons. The smallest absolute Gasteiger partial charge is 0.138 e. The van der Waals surface area contributed by atoms with Crippen molar-refractivity contribution in [3.63, 3.8) is 0 Å². The average molecular weight is 406 g/mol. The number of anilines is 1. The summed E-state index contributed by atoms with van der Waals surface area (Å²) in [5.41, 5.74) is 5.53. The molecule has 0 radical (unpaired) electrons. The first-order valence-electron chi connectivity index (χ1n) is 10.2. The minimum atomic E-state index is 0.685. The Morgan fingerprint density at radius 3 is 2.42 bits per heavy atom. The summed E-state index contributed by atoms with van der Waals surface area (Å²) in [6, 6.07) is 16.7. The van der Waals surface area contributed by atoms with Crippen LogP contribution >= 0.6 is 0 Å². The Labute approximate surface area is 180 Å². The minimum absolute atomic E-state index is 0.685. The van der Waals surface area contributed by atoms with E-state index in [1.807, 2.05) is 55.3 Å². The monoisotopic (exact) mass is 406 g/mol. The van der Waals surface area contributed by atoms with Crippen molar-refractivity contribution >= 4 is 16.6 Å². The number of imidazole rings is 1. The van der Waals surface area contributed by atoms with Gasteiger partial charge in [-0.25, -0.2) is 15.0 Å². The molecule has 0 atom stereocenters. The van der Waals surface area contributed by atoms with E-state index in [0.717, 1.165) is 33.8 Å². The number of fused-ring (bicyclic) bond motifs is 1. The maximum Gasteiger partial charge on any atom is 0.138 e. The fraction of sp³-hybridized carbons (Fsp3) is 0.120. The van der Waals surface area contributed by atoms with E-state index >= 15 is 0 Å². The molecule has 0 aliphatic carbocycles. The molecule has 1 N–H and O–H groups in total. The second kappa shape index (κ2) is 7.99. The van der Waals surface area contributed by atoms with Crippen LogP contribution in [0.4, 0.5) is 5.82 Å². The number of benzene rings is 1. The molecule has 5 aromatic rings. The van der Waals surface area contributed by atoms with Crippen LogP contribution in [0.15, 0.2) is 79.6 Å². The van der Waals surface area contributed by atoms with Crippen LogP contribution in [-0.2, 0) is 6.54 Å². The molecule has 0 unspecified atom stereocenters. The van der Waals surface area contributed by atoms with Crippen LogP contribution in [0.2, 0.25) is 0 Å². The van der Waals surface area contributed by atoms with Crippen molar-refractivity contribution in [1.29, 1.82) is 0 Å². The fourth-order valence-electron chi connectivity index (χ4n) is 3.61. The van der Waals surface area contributed by atoms with Gasteiger partial charge in [0.05, 0.1) is 5.69 Å². The lowest BCUT2D eigenvalue weighted by Crippen LogP contribution is -2.03. The molecule has 6 nitrogen and oxygen atoms in total. The number of hydrogen-bond donors (Lipinski definition) is 1. The summed E-state index contributed by atoms with van der Waals surface area (Å²) in [5, 5.41) is 5.53. The first kappa shape index (κ1) is 18.9. The number of nitrogens with zero attached hydrogens (tertiary/aromatic N) is 5. The van der Waals surface area contributed by atoms with Gasteiger partial charge in [0, 0.05) is 42.4 Å². The molecule has 0 amide bonds. The van der Waals surface area contributed by atoms with Crippen LogP contribution in [0, 0.1) is 13.8 Å². The number of aryl methyl sites for hydroxylation is 2. The van der Waals surface area contributed by atoms with E-state index in [-0.39, 0.29) is 0 Å². The highest BCUT2D eigenvalue weighted by atomic mass is 15.1. The van der Waals surface area contributed by atoms with Crippen molar-refractivity contribution in [2.45, 2.75) is 20.4 Å². The van der Waals surface area contributed by atoms with Gasteiger partial charge in [0.25, 0.3) is 0 Å². The van der Waals surface area contributed by atoms with E-state index in [1.165, 1.54) is 16.7 Å². The van der Waals surface area contributed by atoms with E-state index < -0.39 is 0 Å². The minimum Gasteiger partial charge on any atom is -0.365 e. The summed E-state index contributed by atoms with van der Waals surface area (Å²) in [6.45, 7) is 4.66. The summed E-state index contributed by atoms with van der Waals surface area (Å²) < 4.78 is 1.92. The number of nitrogens with one attached hydrogen (secondary N) is 1. The summed E-state index contributed by atoms with van der Waals surface area (Å²) in [4.78, 5) is 17.7. The molecule has 4 heterocycles. The maximum absolute atomic E-state index is 4.60. The average Bonchev–Trinajstić information content (AvgIpc) is 3.24. The maximum atomic E-state index is 4.60. The predicted molar refractivity (Wildman–Crippen MR) is 123 cm³/mol. The first-order chi connectivity index (χ1) is 15.2. The Kier molecular flexibility index (Phi) is 4.88. The predicted octanol–water partition coefficient (Wildman–Crippen LogP) is 5.11. The molecular formula is C25H22N6. The molecular weight excluding hydrogens is 384 g/mol. The van der Waals surface area contributed by atoms with Gasteiger partial charge in [0.15, 0.2) is 0 Å².